The Morgan fingerprint density at radius 3 is 2.95 bits per heavy atom. The third-order valence-corrected chi connectivity index (χ3v) is 3.77. The first-order valence-corrected chi connectivity index (χ1v) is 7.27. The van der Waals surface area contributed by atoms with Crippen LogP contribution in [-0.4, -0.2) is 24.7 Å². The summed E-state index contributed by atoms with van der Waals surface area (Å²) < 4.78 is 11.1. The fourth-order valence-corrected chi connectivity index (χ4v) is 2.62. The Morgan fingerprint density at radius 2 is 2.11 bits per heavy atom. The highest BCUT2D eigenvalue weighted by molar-refractivity contribution is 7.09. The number of hydrogen-bond donors (Lipinski definition) is 1. The largest absolute Gasteiger partial charge is 0.486 e. The van der Waals surface area contributed by atoms with Crippen molar-refractivity contribution in [2.75, 3.05) is 19.8 Å². The minimum Gasteiger partial charge on any atom is -0.486 e. The van der Waals surface area contributed by atoms with Gasteiger partial charge in [-0.2, -0.15) is 0 Å². The molecule has 0 saturated heterocycles. The van der Waals surface area contributed by atoms with Gasteiger partial charge in [-0.15, -0.1) is 11.3 Å². The highest BCUT2D eigenvalue weighted by Crippen LogP contribution is 2.30. The lowest BCUT2D eigenvalue weighted by molar-refractivity contribution is 0.171. The van der Waals surface area contributed by atoms with Gasteiger partial charge in [0, 0.05) is 31.1 Å². The number of benzene rings is 1. The van der Waals surface area contributed by atoms with E-state index in [-0.39, 0.29) is 0 Å². The molecule has 1 aliphatic rings. The predicted molar refractivity (Wildman–Crippen MR) is 75.0 cm³/mol. The van der Waals surface area contributed by atoms with E-state index in [0.717, 1.165) is 31.0 Å². The van der Waals surface area contributed by atoms with Crippen molar-refractivity contribution >= 4 is 11.3 Å². The SMILES string of the molecule is c1csc(CCNCc2ccc3c(c2)OCCO3)n1. The Labute approximate surface area is 116 Å². The molecule has 0 spiro atoms. The quantitative estimate of drug-likeness (QED) is 0.851. The lowest BCUT2D eigenvalue weighted by atomic mass is 10.2. The normalized spacial score (nSPS) is 13.5. The highest BCUT2D eigenvalue weighted by atomic mass is 32.1. The summed E-state index contributed by atoms with van der Waals surface area (Å²) in [7, 11) is 0. The van der Waals surface area contributed by atoms with Crippen LogP contribution >= 0.6 is 11.3 Å². The van der Waals surface area contributed by atoms with Crippen molar-refractivity contribution in [2.24, 2.45) is 0 Å². The van der Waals surface area contributed by atoms with Crippen LogP contribution in [0.4, 0.5) is 0 Å². The van der Waals surface area contributed by atoms with E-state index in [1.54, 1.807) is 11.3 Å². The molecule has 0 aliphatic carbocycles. The summed E-state index contributed by atoms with van der Waals surface area (Å²) in [6.45, 7) is 3.04. The molecule has 1 N–H and O–H groups in total. The zero-order chi connectivity index (χ0) is 12.9. The molecule has 1 aromatic carbocycles. The minimum atomic E-state index is 0.633. The van der Waals surface area contributed by atoms with E-state index in [9.17, 15) is 0 Å². The van der Waals surface area contributed by atoms with Gasteiger partial charge >= 0.3 is 0 Å². The highest BCUT2D eigenvalue weighted by Gasteiger charge is 2.11. The molecular formula is C14H16N2O2S. The van der Waals surface area contributed by atoms with Gasteiger partial charge < -0.3 is 14.8 Å². The zero-order valence-corrected chi connectivity index (χ0v) is 11.4. The summed E-state index contributed by atoms with van der Waals surface area (Å²) in [5.41, 5.74) is 1.21. The van der Waals surface area contributed by atoms with Gasteiger partial charge in [-0.1, -0.05) is 6.07 Å². The van der Waals surface area contributed by atoms with Crippen molar-refractivity contribution in [1.82, 2.24) is 10.3 Å². The molecule has 2 aromatic rings. The fraction of sp³-hybridized carbons (Fsp3) is 0.357. The molecule has 0 atom stereocenters. The summed E-state index contributed by atoms with van der Waals surface area (Å²) in [6, 6.07) is 6.10. The Bertz CT molecular complexity index is 528. The minimum absolute atomic E-state index is 0.633. The topological polar surface area (TPSA) is 43.4 Å². The van der Waals surface area contributed by atoms with E-state index in [4.69, 9.17) is 9.47 Å². The molecular weight excluding hydrogens is 260 g/mol. The van der Waals surface area contributed by atoms with Gasteiger partial charge in [0.15, 0.2) is 11.5 Å². The van der Waals surface area contributed by atoms with Crippen LogP contribution in [0.3, 0.4) is 0 Å². The predicted octanol–water partition coefficient (Wildman–Crippen LogP) is 2.25. The monoisotopic (exact) mass is 276 g/mol. The second kappa shape index (κ2) is 6.04. The van der Waals surface area contributed by atoms with Crippen LogP contribution < -0.4 is 14.8 Å². The van der Waals surface area contributed by atoms with Crippen LogP contribution in [0, 0.1) is 0 Å². The van der Waals surface area contributed by atoms with E-state index >= 15 is 0 Å². The third kappa shape index (κ3) is 3.24. The van der Waals surface area contributed by atoms with Crippen LogP contribution in [0.25, 0.3) is 0 Å². The maximum atomic E-state index is 5.57. The number of rotatable bonds is 5. The molecule has 0 amide bonds. The van der Waals surface area contributed by atoms with Crippen LogP contribution in [0.2, 0.25) is 0 Å². The molecule has 19 heavy (non-hydrogen) atoms. The number of fused-ring (bicyclic) bond motifs is 1. The molecule has 0 bridgehead atoms. The van der Waals surface area contributed by atoms with E-state index in [0.29, 0.717) is 13.2 Å². The first-order chi connectivity index (χ1) is 9.42. The van der Waals surface area contributed by atoms with Gasteiger partial charge in [0.2, 0.25) is 0 Å². The summed E-state index contributed by atoms with van der Waals surface area (Å²) in [5.74, 6) is 1.70. The third-order valence-electron chi connectivity index (χ3n) is 2.93. The van der Waals surface area contributed by atoms with Crippen molar-refractivity contribution in [3.8, 4) is 11.5 Å². The molecule has 2 heterocycles. The first-order valence-electron chi connectivity index (χ1n) is 6.39. The molecule has 0 fully saturated rings. The molecule has 1 aliphatic heterocycles. The van der Waals surface area contributed by atoms with Crippen molar-refractivity contribution in [3.63, 3.8) is 0 Å². The van der Waals surface area contributed by atoms with E-state index in [1.165, 1.54) is 10.6 Å². The Balaban J connectivity index is 1.50. The van der Waals surface area contributed by atoms with E-state index < -0.39 is 0 Å². The maximum absolute atomic E-state index is 5.57. The summed E-state index contributed by atoms with van der Waals surface area (Å²) in [5, 5.41) is 6.60. The zero-order valence-electron chi connectivity index (χ0n) is 10.6. The summed E-state index contributed by atoms with van der Waals surface area (Å²) in [6.07, 6.45) is 2.82. The first kappa shape index (κ1) is 12.4. The molecule has 0 saturated carbocycles. The van der Waals surface area contributed by atoms with Gasteiger partial charge in [0.1, 0.15) is 13.2 Å². The number of nitrogens with zero attached hydrogens (tertiary/aromatic N) is 1. The molecule has 0 unspecified atom stereocenters. The molecule has 0 radical (unpaired) electrons. The average molecular weight is 276 g/mol. The second-order valence-corrected chi connectivity index (χ2v) is 5.31. The number of hydrogen-bond acceptors (Lipinski definition) is 5. The van der Waals surface area contributed by atoms with Crippen molar-refractivity contribution in [3.05, 3.63) is 40.3 Å². The molecule has 1 aromatic heterocycles. The lowest BCUT2D eigenvalue weighted by Crippen LogP contribution is -2.18. The molecule has 4 nitrogen and oxygen atoms in total. The van der Waals surface area contributed by atoms with Gasteiger partial charge in [-0.25, -0.2) is 4.98 Å². The second-order valence-electron chi connectivity index (χ2n) is 4.33. The Hall–Kier alpha value is -1.59. The van der Waals surface area contributed by atoms with Gasteiger partial charge in [0.05, 0.1) is 5.01 Å². The van der Waals surface area contributed by atoms with Crippen molar-refractivity contribution in [2.45, 2.75) is 13.0 Å². The lowest BCUT2D eigenvalue weighted by Gasteiger charge is -2.18. The maximum Gasteiger partial charge on any atom is 0.161 e. The number of thiazole rings is 1. The molecule has 100 valence electrons. The smallest absolute Gasteiger partial charge is 0.161 e. The standard InChI is InChI=1S/C14H16N2O2S/c1-2-12-13(18-7-6-17-12)9-11(1)10-15-4-3-14-16-5-8-19-14/h1-2,5,8-9,15H,3-4,6-7,10H2. The van der Waals surface area contributed by atoms with Crippen molar-refractivity contribution < 1.29 is 9.47 Å². The van der Waals surface area contributed by atoms with E-state index in [2.05, 4.69) is 16.4 Å². The number of aromatic nitrogens is 1. The number of nitrogens with one attached hydrogen (secondary N) is 1. The fourth-order valence-electron chi connectivity index (χ4n) is 2.00. The van der Waals surface area contributed by atoms with E-state index in [1.807, 2.05) is 23.7 Å². The van der Waals surface area contributed by atoms with Gasteiger partial charge in [-0.3, -0.25) is 0 Å². The summed E-state index contributed by atoms with van der Waals surface area (Å²) >= 11 is 1.70. The van der Waals surface area contributed by atoms with Crippen molar-refractivity contribution in [1.29, 1.82) is 0 Å². The van der Waals surface area contributed by atoms with Crippen LogP contribution in [0.5, 0.6) is 11.5 Å². The van der Waals surface area contributed by atoms with Crippen LogP contribution in [0.1, 0.15) is 10.6 Å². The Kier molecular flexibility index (Phi) is 3.95. The van der Waals surface area contributed by atoms with Crippen LogP contribution in [0.15, 0.2) is 29.8 Å². The molecule has 5 heteroatoms. The van der Waals surface area contributed by atoms with Crippen LogP contribution in [-0.2, 0) is 13.0 Å². The van der Waals surface area contributed by atoms with Gasteiger partial charge in [-0.05, 0) is 17.7 Å². The average Bonchev–Trinajstić information content (AvgIpc) is 2.97. The molecule has 3 rings (SSSR count). The van der Waals surface area contributed by atoms with Gasteiger partial charge in [0.25, 0.3) is 0 Å². The number of ether oxygens (including phenoxy) is 2. The Morgan fingerprint density at radius 1 is 1.21 bits per heavy atom. The summed E-state index contributed by atoms with van der Waals surface area (Å²) in [4.78, 5) is 4.26.